The van der Waals surface area contributed by atoms with Crippen molar-refractivity contribution < 1.29 is 31.1 Å². The van der Waals surface area contributed by atoms with Crippen molar-refractivity contribution in [2.24, 2.45) is 0 Å². The second-order valence-electron chi connectivity index (χ2n) is 6.08. The molecule has 1 amide bonds. The van der Waals surface area contributed by atoms with E-state index in [0.29, 0.717) is 27.6 Å². The first-order valence-electron chi connectivity index (χ1n) is 7.87. The molecule has 1 aromatic carbocycles. The normalized spacial score (nSPS) is 19.0. The Balaban J connectivity index is 1.73. The molecule has 1 saturated heterocycles. The third kappa shape index (κ3) is 4.98. The van der Waals surface area contributed by atoms with E-state index in [1.807, 2.05) is 0 Å². The predicted octanol–water partition coefficient (Wildman–Crippen LogP) is 2.93. The fourth-order valence-electron chi connectivity index (χ4n) is 2.69. The quantitative estimate of drug-likeness (QED) is 0.822. The van der Waals surface area contributed by atoms with E-state index in [0.717, 1.165) is 11.3 Å². The molecule has 1 N–H and O–H groups in total. The third-order valence-corrected chi connectivity index (χ3v) is 6.88. The number of carbonyl (C=O) groups excluding carboxylic acids is 1. The molecule has 0 radical (unpaired) electrons. The Kier molecular flexibility index (Phi) is 5.17. The van der Waals surface area contributed by atoms with Crippen LogP contribution in [0.25, 0.3) is 10.6 Å². The van der Waals surface area contributed by atoms with Gasteiger partial charge in [-0.2, -0.15) is 0 Å². The summed E-state index contributed by atoms with van der Waals surface area (Å²) in [6, 6.07) is 4.76. The van der Waals surface area contributed by atoms with Crippen LogP contribution >= 0.6 is 11.3 Å². The Bertz CT molecular complexity index is 953. The highest BCUT2D eigenvalue weighted by atomic mass is 32.2. The summed E-state index contributed by atoms with van der Waals surface area (Å²) in [5, 5.41) is 3.17. The van der Waals surface area contributed by atoms with Gasteiger partial charge in [-0.1, -0.05) is 0 Å². The molecule has 1 atom stereocenters. The zero-order chi connectivity index (χ0) is 19.8. The van der Waals surface area contributed by atoms with Gasteiger partial charge < -0.3 is 10.1 Å². The minimum Gasteiger partial charge on any atom is -0.406 e. The standard InChI is InChI=1S/C16H15F3N2O4S2/c1-9-13(14(22)21-11-6-7-27(23,24)8-11)26-15(20-9)10-2-4-12(5-3-10)25-16(17,18)19/h2-5,11H,6-8H2,1H3,(H,21,22)/t11-/m0/s1. The van der Waals surface area contributed by atoms with Gasteiger partial charge in [-0.15, -0.1) is 24.5 Å². The molecule has 1 aliphatic rings. The van der Waals surface area contributed by atoms with Crippen LogP contribution in [-0.4, -0.2) is 43.2 Å². The molecular weight excluding hydrogens is 405 g/mol. The monoisotopic (exact) mass is 420 g/mol. The van der Waals surface area contributed by atoms with Crippen LogP contribution in [0.4, 0.5) is 13.2 Å². The smallest absolute Gasteiger partial charge is 0.406 e. The number of aromatic nitrogens is 1. The zero-order valence-electron chi connectivity index (χ0n) is 14.0. The molecule has 146 valence electrons. The number of hydrogen-bond acceptors (Lipinski definition) is 6. The van der Waals surface area contributed by atoms with Gasteiger partial charge in [-0.05, 0) is 37.6 Å². The van der Waals surface area contributed by atoms with Crippen LogP contribution in [0.5, 0.6) is 5.75 Å². The number of nitrogens with zero attached hydrogens (tertiary/aromatic N) is 1. The van der Waals surface area contributed by atoms with Crippen LogP contribution in [0.3, 0.4) is 0 Å². The van der Waals surface area contributed by atoms with Crippen molar-refractivity contribution in [3.63, 3.8) is 0 Å². The molecule has 0 saturated carbocycles. The molecule has 0 bridgehead atoms. The Morgan fingerprint density at radius 1 is 1.30 bits per heavy atom. The number of halogens is 3. The average Bonchev–Trinajstić information content (AvgIpc) is 3.09. The minimum atomic E-state index is -4.77. The van der Waals surface area contributed by atoms with Crippen LogP contribution in [0, 0.1) is 6.92 Å². The van der Waals surface area contributed by atoms with Gasteiger partial charge in [-0.3, -0.25) is 4.79 Å². The van der Waals surface area contributed by atoms with Crippen molar-refractivity contribution >= 4 is 27.1 Å². The molecule has 2 heterocycles. The number of sulfone groups is 1. The van der Waals surface area contributed by atoms with Crippen molar-refractivity contribution in [2.75, 3.05) is 11.5 Å². The molecular formula is C16H15F3N2O4S2. The maximum absolute atomic E-state index is 12.4. The fourth-order valence-corrected chi connectivity index (χ4v) is 5.34. The number of benzene rings is 1. The highest BCUT2D eigenvalue weighted by molar-refractivity contribution is 7.91. The minimum absolute atomic E-state index is 0.0528. The molecule has 0 aliphatic carbocycles. The highest BCUT2D eigenvalue weighted by Gasteiger charge is 2.31. The van der Waals surface area contributed by atoms with Gasteiger partial charge in [0.1, 0.15) is 15.6 Å². The van der Waals surface area contributed by atoms with Crippen molar-refractivity contribution in [2.45, 2.75) is 25.7 Å². The Morgan fingerprint density at radius 2 is 1.96 bits per heavy atom. The molecule has 11 heteroatoms. The lowest BCUT2D eigenvalue weighted by atomic mass is 10.2. The van der Waals surface area contributed by atoms with E-state index in [1.54, 1.807) is 6.92 Å². The Labute approximate surface area is 157 Å². The van der Waals surface area contributed by atoms with Crippen molar-refractivity contribution in [1.82, 2.24) is 10.3 Å². The molecule has 2 aromatic rings. The number of thiazole rings is 1. The molecule has 3 rings (SSSR count). The van der Waals surface area contributed by atoms with Crippen LogP contribution in [0.2, 0.25) is 0 Å². The van der Waals surface area contributed by atoms with E-state index in [9.17, 15) is 26.4 Å². The van der Waals surface area contributed by atoms with Crippen LogP contribution in [0.15, 0.2) is 24.3 Å². The predicted molar refractivity (Wildman–Crippen MR) is 93.5 cm³/mol. The molecule has 27 heavy (non-hydrogen) atoms. The van der Waals surface area contributed by atoms with Gasteiger partial charge in [-0.25, -0.2) is 13.4 Å². The summed E-state index contributed by atoms with van der Waals surface area (Å²) < 4.78 is 63.4. The SMILES string of the molecule is Cc1nc(-c2ccc(OC(F)(F)F)cc2)sc1C(=O)N[C@H]1CCS(=O)(=O)C1. The number of hydrogen-bond donors (Lipinski definition) is 1. The first kappa shape index (κ1) is 19.6. The van der Waals surface area contributed by atoms with Crippen LogP contribution in [-0.2, 0) is 9.84 Å². The Hall–Kier alpha value is -2.14. The van der Waals surface area contributed by atoms with Gasteiger partial charge in [0.25, 0.3) is 5.91 Å². The lowest BCUT2D eigenvalue weighted by Crippen LogP contribution is -2.35. The third-order valence-electron chi connectivity index (χ3n) is 3.91. The summed E-state index contributed by atoms with van der Waals surface area (Å²) in [4.78, 5) is 17.0. The lowest BCUT2D eigenvalue weighted by Gasteiger charge is -2.09. The first-order chi connectivity index (χ1) is 12.5. The lowest BCUT2D eigenvalue weighted by molar-refractivity contribution is -0.274. The van der Waals surface area contributed by atoms with E-state index < -0.39 is 28.1 Å². The second kappa shape index (κ2) is 7.12. The fraction of sp³-hybridized carbons (Fsp3) is 0.375. The summed E-state index contributed by atoms with van der Waals surface area (Å²) in [6.07, 6.45) is -4.39. The van der Waals surface area contributed by atoms with Gasteiger partial charge in [0.05, 0.1) is 17.2 Å². The zero-order valence-corrected chi connectivity index (χ0v) is 15.7. The van der Waals surface area contributed by atoms with Gasteiger partial charge in [0.15, 0.2) is 9.84 Å². The Morgan fingerprint density at radius 3 is 2.52 bits per heavy atom. The second-order valence-corrected chi connectivity index (χ2v) is 9.31. The summed E-state index contributed by atoms with van der Waals surface area (Å²) in [6.45, 7) is 1.64. The molecule has 0 unspecified atom stereocenters. The average molecular weight is 420 g/mol. The largest absolute Gasteiger partial charge is 0.573 e. The van der Waals surface area contributed by atoms with Crippen LogP contribution < -0.4 is 10.1 Å². The number of carbonyl (C=O) groups is 1. The maximum atomic E-state index is 12.4. The number of ether oxygens (including phenoxy) is 1. The molecule has 1 aromatic heterocycles. The number of rotatable bonds is 4. The van der Waals surface area contributed by atoms with Crippen molar-refractivity contribution in [3.05, 3.63) is 34.8 Å². The number of aryl methyl sites for hydroxylation is 1. The van der Waals surface area contributed by atoms with Crippen molar-refractivity contribution in [1.29, 1.82) is 0 Å². The van der Waals surface area contributed by atoms with E-state index >= 15 is 0 Å². The van der Waals surface area contributed by atoms with Gasteiger partial charge in [0.2, 0.25) is 0 Å². The molecule has 1 fully saturated rings. The van der Waals surface area contributed by atoms with Crippen molar-refractivity contribution in [3.8, 4) is 16.3 Å². The van der Waals surface area contributed by atoms with E-state index in [2.05, 4.69) is 15.0 Å². The molecule has 0 spiro atoms. The van der Waals surface area contributed by atoms with E-state index in [-0.39, 0.29) is 17.3 Å². The van der Waals surface area contributed by atoms with Gasteiger partial charge in [0, 0.05) is 11.6 Å². The molecule has 1 aliphatic heterocycles. The summed E-state index contributed by atoms with van der Waals surface area (Å²) >= 11 is 1.09. The number of amides is 1. The summed E-state index contributed by atoms with van der Waals surface area (Å²) in [7, 11) is -3.11. The number of nitrogens with one attached hydrogen (secondary N) is 1. The number of alkyl halides is 3. The first-order valence-corrected chi connectivity index (χ1v) is 10.5. The summed E-state index contributed by atoms with van der Waals surface area (Å²) in [5.74, 6) is -0.781. The highest BCUT2D eigenvalue weighted by Crippen LogP contribution is 2.31. The molecule has 6 nitrogen and oxygen atoms in total. The maximum Gasteiger partial charge on any atom is 0.573 e. The van der Waals surface area contributed by atoms with E-state index in [1.165, 1.54) is 24.3 Å². The van der Waals surface area contributed by atoms with Gasteiger partial charge >= 0.3 is 6.36 Å². The van der Waals surface area contributed by atoms with Crippen LogP contribution in [0.1, 0.15) is 21.8 Å². The topological polar surface area (TPSA) is 85.4 Å². The summed E-state index contributed by atoms with van der Waals surface area (Å²) in [5.41, 5.74) is 1.00. The van der Waals surface area contributed by atoms with E-state index in [4.69, 9.17) is 0 Å².